The Morgan fingerprint density at radius 3 is 2.84 bits per heavy atom. The van der Waals surface area contributed by atoms with Gasteiger partial charge in [-0.25, -0.2) is 5.43 Å². The van der Waals surface area contributed by atoms with Gasteiger partial charge in [-0.2, -0.15) is 0 Å². The predicted octanol–water partition coefficient (Wildman–Crippen LogP) is 5.22. The van der Waals surface area contributed by atoms with E-state index in [0.717, 1.165) is 30.5 Å². The highest BCUT2D eigenvalue weighted by atomic mass is 35.5. The van der Waals surface area contributed by atoms with Gasteiger partial charge in [0.25, 0.3) is 5.91 Å². The maximum atomic E-state index is 12.7. The second-order valence-electron chi connectivity index (χ2n) is 6.92. The van der Waals surface area contributed by atoms with Crippen molar-refractivity contribution in [2.45, 2.75) is 25.8 Å². The number of halogens is 2. The molecule has 0 radical (unpaired) electrons. The molecule has 7 nitrogen and oxygen atoms in total. The SMILES string of the molecule is O=C(NC1=C(NNCc2ccc(Cl)c(Cl)c2)CCCC=C1)c1cc(-c2ccco2)on1. The maximum Gasteiger partial charge on any atom is 0.277 e. The number of rotatable bonds is 7. The van der Waals surface area contributed by atoms with Crippen molar-refractivity contribution in [3.63, 3.8) is 0 Å². The van der Waals surface area contributed by atoms with Gasteiger partial charge in [0.15, 0.2) is 11.5 Å². The number of hydrogen-bond acceptors (Lipinski definition) is 6. The highest BCUT2D eigenvalue weighted by Gasteiger charge is 2.17. The third-order valence-electron chi connectivity index (χ3n) is 4.68. The molecule has 0 saturated heterocycles. The van der Waals surface area contributed by atoms with Gasteiger partial charge in [0.1, 0.15) is 0 Å². The minimum Gasteiger partial charge on any atom is -0.461 e. The van der Waals surface area contributed by atoms with Crippen LogP contribution in [0.5, 0.6) is 0 Å². The fraction of sp³-hybridized carbons (Fsp3) is 0.182. The van der Waals surface area contributed by atoms with Crippen LogP contribution in [0.1, 0.15) is 35.3 Å². The number of carbonyl (C=O) groups is 1. The van der Waals surface area contributed by atoms with Crippen LogP contribution in [0.4, 0.5) is 0 Å². The van der Waals surface area contributed by atoms with Gasteiger partial charge < -0.3 is 19.7 Å². The number of nitrogens with one attached hydrogen (secondary N) is 3. The van der Waals surface area contributed by atoms with Crippen molar-refractivity contribution >= 4 is 29.1 Å². The molecule has 1 aromatic carbocycles. The first kappa shape index (κ1) is 21.2. The van der Waals surface area contributed by atoms with Gasteiger partial charge in [0, 0.05) is 18.3 Å². The van der Waals surface area contributed by atoms with Gasteiger partial charge in [-0.05, 0) is 55.2 Å². The van der Waals surface area contributed by atoms with Crippen LogP contribution in [-0.4, -0.2) is 11.1 Å². The van der Waals surface area contributed by atoms with Gasteiger partial charge in [-0.1, -0.05) is 40.5 Å². The van der Waals surface area contributed by atoms with Gasteiger partial charge in [-0.3, -0.25) is 4.79 Å². The van der Waals surface area contributed by atoms with Crippen LogP contribution in [0.25, 0.3) is 11.5 Å². The topological polar surface area (TPSA) is 92.3 Å². The van der Waals surface area contributed by atoms with Crippen LogP contribution in [0.15, 0.2) is 75.1 Å². The standard InChI is InChI=1S/C22H20Cl2N4O3/c23-15-9-8-14(11-16(15)24)13-25-27-18-6-3-1-2-5-17(18)26-22(29)19-12-21(31-28-19)20-7-4-10-30-20/h2,4-5,7-12,25,27H,1,3,6,13H2,(H,26,29). The molecule has 0 saturated carbocycles. The molecule has 3 N–H and O–H groups in total. The van der Waals surface area contributed by atoms with Crippen LogP contribution >= 0.6 is 23.2 Å². The van der Waals surface area contributed by atoms with Crippen LogP contribution in [0.3, 0.4) is 0 Å². The second kappa shape index (κ2) is 9.87. The van der Waals surface area contributed by atoms with Crippen LogP contribution < -0.4 is 16.2 Å². The van der Waals surface area contributed by atoms with E-state index >= 15 is 0 Å². The van der Waals surface area contributed by atoms with E-state index in [1.165, 1.54) is 6.26 Å². The summed E-state index contributed by atoms with van der Waals surface area (Å²) >= 11 is 12.0. The number of amides is 1. The van der Waals surface area contributed by atoms with Gasteiger partial charge in [0.05, 0.1) is 22.0 Å². The summed E-state index contributed by atoms with van der Waals surface area (Å²) in [6, 6.07) is 10.5. The Kier molecular flexibility index (Phi) is 6.76. The second-order valence-corrected chi connectivity index (χ2v) is 7.74. The molecule has 31 heavy (non-hydrogen) atoms. The minimum absolute atomic E-state index is 0.166. The first-order valence-corrected chi connectivity index (χ1v) is 10.5. The Labute approximate surface area is 189 Å². The van der Waals surface area contributed by atoms with E-state index in [0.29, 0.717) is 33.8 Å². The summed E-state index contributed by atoms with van der Waals surface area (Å²) in [7, 11) is 0. The zero-order valence-corrected chi connectivity index (χ0v) is 18.0. The quantitative estimate of drug-likeness (QED) is 0.420. The van der Waals surface area contributed by atoms with Gasteiger partial charge in [-0.15, -0.1) is 0 Å². The van der Waals surface area contributed by atoms with Crippen LogP contribution in [0, 0.1) is 0 Å². The van der Waals surface area contributed by atoms with E-state index in [-0.39, 0.29) is 11.6 Å². The molecule has 160 valence electrons. The molecule has 0 aliphatic heterocycles. The Balaban J connectivity index is 1.43. The number of nitrogens with zero attached hydrogens (tertiary/aromatic N) is 1. The van der Waals surface area contributed by atoms with Crippen molar-refractivity contribution in [2.24, 2.45) is 0 Å². The van der Waals surface area contributed by atoms with E-state index in [4.69, 9.17) is 32.1 Å². The summed E-state index contributed by atoms with van der Waals surface area (Å²) in [5.74, 6) is 0.531. The largest absolute Gasteiger partial charge is 0.461 e. The summed E-state index contributed by atoms with van der Waals surface area (Å²) in [6.45, 7) is 0.529. The number of allylic oxidation sites excluding steroid dienone is 3. The molecule has 9 heteroatoms. The number of carbonyl (C=O) groups excluding carboxylic acids is 1. The maximum absolute atomic E-state index is 12.7. The molecule has 0 spiro atoms. The molecule has 0 unspecified atom stereocenters. The van der Waals surface area contributed by atoms with Gasteiger partial charge in [0.2, 0.25) is 5.76 Å². The molecule has 4 rings (SSSR count). The zero-order valence-electron chi connectivity index (χ0n) is 16.5. The molecule has 2 aromatic heterocycles. The average Bonchev–Trinajstić information content (AvgIpc) is 3.42. The summed E-state index contributed by atoms with van der Waals surface area (Å²) < 4.78 is 10.5. The Morgan fingerprint density at radius 1 is 1.13 bits per heavy atom. The van der Waals surface area contributed by atoms with Crippen molar-refractivity contribution in [1.82, 2.24) is 21.3 Å². The van der Waals surface area contributed by atoms with Crippen molar-refractivity contribution in [2.75, 3.05) is 0 Å². The van der Waals surface area contributed by atoms with E-state index < -0.39 is 0 Å². The summed E-state index contributed by atoms with van der Waals surface area (Å²) in [6.07, 6.45) is 8.10. The summed E-state index contributed by atoms with van der Waals surface area (Å²) in [5, 5.41) is 7.78. The number of aromatic nitrogens is 1. The van der Waals surface area contributed by atoms with Crippen molar-refractivity contribution in [3.8, 4) is 11.5 Å². The minimum atomic E-state index is -0.369. The van der Waals surface area contributed by atoms with Crippen LogP contribution in [0.2, 0.25) is 10.0 Å². The summed E-state index contributed by atoms with van der Waals surface area (Å²) in [5.41, 5.74) is 9.07. The summed E-state index contributed by atoms with van der Waals surface area (Å²) in [4.78, 5) is 12.7. The lowest BCUT2D eigenvalue weighted by atomic mass is 10.2. The smallest absolute Gasteiger partial charge is 0.277 e. The molecule has 1 aliphatic rings. The average molecular weight is 459 g/mol. The normalized spacial score (nSPS) is 13.9. The van der Waals surface area contributed by atoms with E-state index in [1.54, 1.807) is 24.3 Å². The van der Waals surface area contributed by atoms with Crippen LogP contribution in [-0.2, 0) is 6.54 Å². The Hall–Kier alpha value is -3.00. The molecular formula is C22H20Cl2N4O3. The van der Waals surface area contributed by atoms with E-state index in [2.05, 4.69) is 21.3 Å². The third-order valence-corrected chi connectivity index (χ3v) is 5.42. The Morgan fingerprint density at radius 2 is 2.03 bits per heavy atom. The van der Waals surface area contributed by atoms with Gasteiger partial charge >= 0.3 is 0 Å². The van der Waals surface area contributed by atoms with Crippen molar-refractivity contribution in [3.05, 3.63) is 87.5 Å². The predicted molar refractivity (Wildman–Crippen MR) is 118 cm³/mol. The first-order valence-electron chi connectivity index (χ1n) is 9.74. The molecule has 1 aliphatic carbocycles. The Bertz CT molecular complexity index is 1120. The molecular weight excluding hydrogens is 439 g/mol. The number of hydrogen-bond donors (Lipinski definition) is 3. The molecule has 2 heterocycles. The van der Waals surface area contributed by atoms with E-state index in [1.807, 2.05) is 24.3 Å². The highest BCUT2D eigenvalue weighted by molar-refractivity contribution is 6.42. The number of benzene rings is 1. The molecule has 1 amide bonds. The lowest BCUT2D eigenvalue weighted by molar-refractivity contribution is 0.0957. The van der Waals surface area contributed by atoms with Crippen molar-refractivity contribution in [1.29, 1.82) is 0 Å². The molecule has 0 bridgehead atoms. The zero-order chi connectivity index (χ0) is 21.6. The lowest BCUT2D eigenvalue weighted by Gasteiger charge is -2.15. The molecule has 0 atom stereocenters. The van der Waals surface area contributed by atoms with E-state index in [9.17, 15) is 4.79 Å². The van der Waals surface area contributed by atoms with Crippen molar-refractivity contribution < 1.29 is 13.7 Å². The fourth-order valence-corrected chi connectivity index (χ4v) is 3.41. The monoisotopic (exact) mass is 458 g/mol. The molecule has 3 aromatic rings. The first-order chi connectivity index (χ1) is 15.1. The third kappa shape index (κ3) is 5.38. The fourth-order valence-electron chi connectivity index (χ4n) is 3.09. The highest BCUT2D eigenvalue weighted by Crippen LogP contribution is 2.23. The number of furan rings is 1. The molecule has 0 fully saturated rings. The lowest BCUT2D eigenvalue weighted by Crippen LogP contribution is -2.34. The number of hydrazine groups is 1.